The zero-order valence-corrected chi connectivity index (χ0v) is 16.6. The number of hydrogen-bond donors (Lipinski definition) is 1. The average Bonchev–Trinajstić information content (AvgIpc) is 2.65. The summed E-state index contributed by atoms with van der Waals surface area (Å²) in [4.78, 5) is -0.0103. The molecule has 6 nitrogen and oxygen atoms in total. The van der Waals surface area contributed by atoms with Gasteiger partial charge in [-0.15, -0.1) is 0 Å². The van der Waals surface area contributed by atoms with Crippen molar-refractivity contribution in [3.8, 4) is 11.5 Å². The summed E-state index contributed by atoms with van der Waals surface area (Å²) >= 11 is 6.04. The Labute approximate surface area is 159 Å². The molecule has 0 radical (unpaired) electrons. The lowest BCUT2D eigenvalue weighted by Gasteiger charge is -2.29. The predicted molar refractivity (Wildman–Crippen MR) is 101 cm³/mol. The van der Waals surface area contributed by atoms with E-state index in [1.54, 1.807) is 37.3 Å². The highest BCUT2D eigenvalue weighted by atomic mass is 35.5. The predicted octanol–water partition coefficient (Wildman–Crippen LogP) is 3.20. The van der Waals surface area contributed by atoms with E-state index in [1.165, 1.54) is 27.4 Å². The molecule has 2 aromatic carbocycles. The third-order valence-corrected chi connectivity index (χ3v) is 5.80. The van der Waals surface area contributed by atoms with Crippen LogP contribution in [0, 0.1) is 0 Å². The van der Waals surface area contributed by atoms with Crippen molar-refractivity contribution < 1.29 is 22.6 Å². The molecular formula is C18H22ClNO5S. The summed E-state index contributed by atoms with van der Waals surface area (Å²) in [5.41, 5.74) is -0.142. The number of hydrogen-bond acceptors (Lipinski definition) is 5. The molecule has 26 heavy (non-hydrogen) atoms. The number of ether oxygens (including phenoxy) is 3. The maximum absolute atomic E-state index is 12.8. The highest BCUT2D eigenvalue weighted by molar-refractivity contribution is 7.89. The van der Waals surface area contributed by atoms with E-state index in [1.807, 2.05) is 6.07 Å². The van der Waals surface area contributed by atoms with Gasteiger partial charge >= 0.3 is 0 Å². The first-order chi connectivity index (χ1) is 12.3. The van der Waals surface area contributed by atoms with Gasteiger partial charge in [0.2, 0.25) is 10.0 Å². The lowest BCUT2D eigenvalue weighted by molar-refractivity contribution is 0.00698. The first-order valence-corrected chi connectivity index (χ1v) is 9.65. The van der Waals surface area contributed by atoms with Crippen molar-refractivity contribution in [2.45, 2.75) is 17.4 Å². The Balaban J connectivity index is 2.32. The Morgan fingerprint density at radius 1 is 1.08 bits per heavy atom. The summed E-state index contributed by atoms with van der Waals surface area (Å²) in [6.45, 7) is 1.79. The second-order valence-corrected chi connectivity index (χ2v) is 7.96. The largest absolute Gasteiger partial charge is 0.497 e. The molecule has 142 valence electrons. The van der Waals surface area contributed by atoms with E-state index in [9.17, 15) is 8.42 Å². The molecule has 0 aliphatic heterocycles. The fourth-order valence-corrected chi connectivity index (χ4v) is 3.91. The van der Waals surface area contributed by atoms with Crippen molar-refractivity contribution in [2.75, 3.05) is 27.9 Å². The Kier molecular flexibility index (Phi) is 6.52. The molecule has 1 atom stereocenters. The molecular weight excluding hydrogens is 378 g/mol. The maximum atomic E-state index is 12.8. The highest BCUT2D eigenvalue weighted by Crippen LogP contribution is 2.30. The monoisotopic (exact) mass is 399 g/mol. The lowest BCUT2D eigenvalue weighted by Crippen LogP contribution is -2.40. The van der Waals surface area contributed by atoms with Crippen LogP contribution in [0.4, 0.5) is 0 Å². The molecule has 0 saturated carbocycles. The Morgan fingerprint density at radius 2 is 1.81 bits per heavy atom. The van der Waals surface area contributed by atoms with Gasteiger partial charge in [-0.3, -0.25) is 0 Å². The van der Waals surface area contributed by atoms with Crippen molar-refractivity contribution in [2.24, 2.45) is 0 Å². The lowest BCUT2D eigenvalue weighted by atomic mass is 9.96. The second-order valence-electron chi connectivity index (χ2n) is 5.79. The van der Waals surface area contributed by atoms with Gasteiger partial charge in [-0.05, 0) is 36.8 Å². The summed E-state index contributed by atoms with van der Waals surface area (Å²) in [5, 5.41) is 0.545. The summed E-state index contributed by atoms with van der Waals surface area (Å²) in [6, 6.07) is 11.7. The number of benzene rings is 2. The molecule has 1 N–H and O–H groups in total. The van der Waals surface area contributed by atoms with Crippen LogP contribution in [0.2, 0.25) is 5.02 Å². The topological polar surface area (TPSA) is 73.9 Å². The SMILES string of the molecule is COc1ccc(OC)c(S(=O)(=O)NC[C@@](C)(OC)c2cccc(Cl)c2)c1. The van der Waals surface area contributed by atoms with Gasteiger partial charge in [0.05, 0.1) is 14.2 Å². The number of halogens is 1. The molecule has 0 saturated heterocycles. The van der Waals surface area contributed by atoms with E-state index in [-0.39, 0.29) is 17.2 Å². The maximum Gasteiger partial charge on any atom is 0.244 e. The van der Waals surface area contributed by atoms with Gasteiger partial charge in [0.25, 0.3) is 0 Å². The van der Waals surface area contributed by atoms with Crippen molar-refractivity contribution in [3.63, 3.8) is 0 Å². The minimum atomic E-state index is -3.87. The first kappa shape index (κ1) is 20.5. The number of methoxy groups -OCH3 is 3. The molecule has 2 rings (SSSR count). The van der Waals surface area contributed by atoms with Gasteiger partial charge in [0, 0.05) is 24.7 Å². The minimum Gasteiger partial charge on any atom is -0.497 e. The summed E-state index contributed by atoms with van der Waals surface area (Å²) in [6.07, 6.45) is 0. The van der Waals surface area contributed by atoms with Crippen LogP contribution in [-0.2, 0) is 20.4 Å². The quantitative estimate of drug-likeness (QED) is 0.737. The first-order valence-electron chi connectivity index (χ1n) is 7.78. The molecule has 0 aliphatic rings. The van der Waals surface area contributed by atoms with E-state index < -0.39 is 15.6 Å². The normalized spacial score (nSPS) is 13.9. The summed E-state index contributed by atoms with van der Waals surface area (Å²) < 4.78 is 44.1. The van der Waals surface area contributed by atoms with Gasteiger partial charge in [-0.2, -0.15) is 0 Å². The van der Waals surface area contributed by atoms with Crippen molar-refractivity contribution in [1.29, 1.82) is 0 Å². The summed E-state index contributed by atoms with van der Waals surface area (Å²) in [5.74, 6) is 0.635. The van der Waals surface area contributed by atoms with Gasteiger partial charge in [-0.25, -0.2) is 13.1 Å². The van der Waals surface area contributed by atoms with Gasteiger partial charge in [0.1, 0.15) is 22.0 Å². The number of sulfonamides is 1. The van der Waals surface area contributed by atoms with Crippen LogP contribution in [0.3, 0.4) is 0 Å². The third-order valence-electron chi connectivity index (χ3n) is 4.15. The fraction of sp³-hybridized carbons (Fsp3) is 0.333. The molecule has 8 heteroatoms. The van der Waals surface area contributed by atoms with Gasteiger partial charge in [-0.1, -0.05) is 23.7 Å². The van der Waals surface area contributed by atoms with Crippen LogP contribution in [0.15, 0.2) is 47.4 Å². The van der Waals surface area contributed by atoms with Crippen molar-refractivity contribution in [1.82, 2.24) is 4.72 Å². The molecule has 0 fully saturated rings. The second kappa shape index (κ2) is 8.26. The zero-order valence-electron chi connectivity index (χ0n) is 15.1. The molecule has 0 bridgehead atoms. The molecule has 0 unspecified atom stereocenters. The van der Waals surface area contributed by atoms with E-state index in [0.29, 0.717) is 10.8 Å². The highest BCUT2D eigenvalue weighted by Gasteiger charge is 2.30. The van der Waals surface area contributed by atoms with E-state index in [2.05, 4.69) is 4.72 Å². The van der Waals surface area contributed by atoms with E-state index in [0.717, 1.165) is 5.56 Å². The molecule has 0 spiro atoms. The zero-order chi connectivity index (χ0) is 19.4. The van der Waals surface area contributed by atoms with E-state index >= 15 is 0 Å². The number of nitrogens with one attached hydrogen (secondary N) is 1. The molecule has 2 aromatic rings. The molecule has 0 aromatic heterocycles. The van der Waals surface area contributed by atoms with Crippen LogP contribution in [0.25, 0.3) is 0 Å². The van der Waals surface area contributed by atoms with Crippen LogP contribution in [-0.4, -0.2) is 36.3 Å². The molecule has 0 aliphatic carbocycles. The van der Waals surface area contributed by atoms with Crippen molar-refractivity contribution >= 4 is 21.6 Å². The van der Waals surface area contributed by atoms with E-state index in [4.69, 9.17) is 25.8 Å². The molecule has 0 amide bonds. The van der Waals surface area contributed by atoms with Gasteiger partial charge < -0.3 is 14.2 Å². The summed E-state index contributed by atoms with van der Waals surface area (Å²) in [7, 11) is 0.524. The fourth-order valence-electron chi connectivity index (χ4n) is 2.41. The van der Waals surface area contributed by atoms with Crippen molar-refractivity contribution in [3.05, 3.63) is 53.1 Å². The van der Waals surface area contributed by atoms with Crippen LogP contribution in [0.5, 0.6) is 11.5 Å². The Bertz CT molecular complexity index is 872. The number of rotatable bonds is 8. The molecule has 0 heterocycles. The van der Waals surface area contributed by atoms with Gasteiger partial charge in [0.15, 0.2) is 0 Å². The standard InChI is InChI=1S/C18H22ClNO5S/c1-18(25-4,13-6-5-7-14(19)10-13)12-20-26(21,22)17-11-15(23-2)8-9-16(17)24-3/h5-11,20H,12H2,1-4H3/t18-/m1/s1. The Morgan fingerprint density at radius 3 is 2.38 bits per heavy atom. The van der Waals surface area contributed by atoms with Crippen LogP contribution >= 0.6 is 11.6 Å². The smallest absolute Gasteiger partial charge is 0.244 e. The average molecular weight is 400 g/mol. The Hall–Kier alpha value is -1.80. The minimum absolute atomic E-state index is 0.00649. The van der Waals surface area contributed by atoms with Crippen LogP contribution in [0.1, 0.15) is 12.5 Å². The van der Waals surface area contributed by atoms with Crippen LogP contribution < -0.4 is 14.2 Å². The third kappa shape index (κ3) is 4.48.